The lowest BCUT2D eigenvalue weighted by molar-refractivity contribution is -0.139. The number of hydrogen-bond acceptors (Lipinski definition) is 5. The van der Waals surface area contributed by atoms with E-state index in [1.807, 2.05) is 50.2 Å². The molecule has 0 saturated carbocycles. The van der Waals surface area contributed by atoms with E-state index >= 15 is 0 Å². The normalized spacial score (nSPS) is 18.1. The first kappa shape index (κ1) is 32.4. The van der Waals surface area contributed by atoms with Crippen molar-refractivity contribution in [2.24, 2.45) is 17.6 Å². The van der Waals surface area contributed by atoms with Gasteiger partial charge in [-0.25, -0.2) is 4.79 Å². The Morgan fingerprint density at radius 1 is 1.09 bits per heavy atom. The second kappa shape index (κ2) is 13.4. The van der Waals surface area contributed by atoms with Crippen LogP contribution in [-0.2, 0) is 33.8 Å². The minimum absolute atomic E-state index is 0.00128. The van der Waals surface area contributed by atoms with Gasteiger partial charge in [-0.3, -0.25) is 19.3 Å². The lowest BCUT2D eigenvalue weighted by atomic mass is 9.78. The van der Waals surface area contributed by atoms with Crippen molar-refractivity contribution in [3.8, 4) is 5.75 Å². The number of benzene rings is 2. The molecule has 0 aliphatic heterocycles. The maximum absolute atomic E-state index is 14.3. The average Bonchev–Trinajstić information content (AvgIpc) is 3.37. The summed E-state index contributed by atoms with van der Waals surface area (Å²) in [7, 11) is 1.58. The smallest absolute Gasteiger partial charge is 0.408 e. The number of nitrogens with two attached hydrogens (primary N) is 1. The highest BCUT2D eigenvalue weighted by atomic mass is 16.5. The Bertz CT molecular complexity index is 1520. The van der Waals surface area contributed by atoms with Crippen molar-refractivity contribution in [1.29, 1.82) is 0 Å². The van der Waals surface area contributed by atoms with E-state index in [-0.39, 0.29) is 31.2 Å². The van der Waals surface area contributed by atoms with Gasteiger partial charge >= 0.3 is 6.09 Å². The summed E-state index contributed by atoms with van der Waals surface area (Å²) in [6, 6.07) is 12.7. The summed E-state index contributed by atoms with van der Waals surface area (Å²) in [6.45, 7) is 7.27. The fourth-order valence-corrected chi connectivity index (χ4v) is 6.12. The molecule has 0 saturated heterocycles. The van der Waals surface area contributed by atoms with Crippen LogP contribution in [0.3, 0.4) is 0 Å². The summed E-state index contributed by atoms with van der Waals surface area (Å²) < 4.78 is 5.55. The Hall–Kier alpha value is -4.54. The van der Waals surface area contributed by atoms with Crippen LogP contribution in [0.5, 0.6) is 5.75 Å². The number of hydrogen-bond donors (Lipinski definition) is 5. The number of carboxylic acid groups (broad SMARTS) is 1. The van der Waals surface area contributed by atoms with Gasteiger partial charge in [0.2, 0.25) is 17.7 Å². The third-order valence-electron chi connectivity index (χ3n) is 8.78. The van der Waals surface area contributed by atoms with Crippen molar-refractivity contribution in [3.05, 3.63) is 65.4 Å². The highest BCUT2D eigenvalue weighted by Crippen LogP contribution is 2.38. The number of primary amides is 1. The molecule has 236 valence electrons. The summed E-state index contributed by atoms with van der Waals surface area (Å²) in [5.41, 5.74) is 7.46. The lowest BCUT2D eigenvalue weighted by Gasteiger charge is -2.41. The van der Waals surface area contributed by atoms with Crippen molar-refractivity contribution in [1.82, 2.24) is 20.5 Å². The summed E-state index contributed by atoms with van der Waals surface area (Å²) in [5, 5.41) is 17.0. The maximum atomic E-state index is 14.3. The molecule has 1 aliphatic rings. The van der Waals surface area contributed by atoms with E-state index in [4.69, 9.17) is 10.5 Å². The minimum Gasteiger partial charge on any atom is -0.495 e. The number of amides is 4. The van der Waals surface area contributed by atoms with Crippen molar-refractivity contribution < 1.29 is 29.0 Å². The van der Waals surface area contributed by atoms with E-state index in [2.05, 4.69) is 15.6 Å². The number of rotatable bonds is 12. The first-order chi connectivity index (χ1) is 20.9. The van der Waals surface area contributed by atoms with Crippen LogP contribution in [0, 0.1) is 11.8 Å². The van der Waals surface area contributed by atoms with Crippen LogP contribution in [0.1, 0.15) is 57.4 Å². The second-order valence-corrected chi connectivity index (χ2v) is 12.0. The van der Waals surface area contributed by atoms with Crippen LogP contribution in [-0.4, -0.2) is 63.5 Å². The molecule has 0 bridgehead atoms. The van der Waals surface area contributed by atoms with E-state index in [9.17, 15) is 24.3 Å². The van der Waals surface area contributed by atoms with Crippen LogP contribution < -0.4 is 21.1 Å². The molecule has 0 radical (unpaired) electrons. The average molecular weight is 606 g/mol. The third-order valence-corrected chi connectivity index (χ3v) is 8.78. The van der Waals surface area contributed by atoms with Crippen LogP contribution in [0.4, 0.5) is 4.79 Å². The molecule has 0 spiro atoms. The van der Waals surface area contributed by atoms with Gasteiger partial charge in [-0.05, 0) is 41.9 Å². The number of para-hydroxylation sites is 1. The summed E-state index contributed by atoms with van der Waals surface area (Å²) in [5.74, 6) is -1.80. The van der Waals surface area contributed by atoms with E-state index in [0.29, 0.717) is 18.6 Å². The van der Waals surface area contributed by atoms with Gasteiger partial charge in [0.05, 0.1) is 12.6 Å². The van der Waals surface area contributed by atoms with Crippen molar-refractivity contribution in [2.45, 2.75) is 77.5 Å². The second-order valence-electron chi connectivity index (χ2n) is 12.0. The topological polar surface area (TPSA) is 167 Å². The highest BCUT2D eigenvalue weighted by Gasteiger charge is 2.47. The minimum atomic E-state index is -1.48. The number of methoxy groups -OCH3 is 1. The Labute approximate surface area is 257 Å². The van der Waals surface area contributed by atoms with E-state index in [1.54, 1.807) is 33.1 Å². The molecule has 4 atom stereocenters. The predicted molar refractivity (Wildman–Crippen MR) is 167 cm³/mol. The van der Waals surface area contributed by atoms with Gasteiger partial charge in [-0.2, -0.15) is 0 Å². The van der Waals surface area contributed by atoms with Crippen molar-refractivity contribution >= 4 is 34.7 Å². The van der Waals surface area contributed by atoms with Gasteiger partial charge in [-0.1, -0.05) is 76.6 Å². The Kier molecular flexibility index (Phi) is 9.86. The van der Waals surface area contributed by atoms with Gasteiger partial charge in [0, 0.05) is 24.0 Å². The fourth-order valence-electron chi connectivity index (χ4n) is 6.12. The number of ether oxygens (including phenoxy) is 1. The molecule has 4 amide bonds. The number of aromatic amines is 1. The van der Waals surface area contributed by atoms with Gasteiger partial charge < -0.3 is 31.2 Å². The van der Waals surface area contributed by atoms with Crippen LogP contribution in [0.2, 0.25) is 0 Å². The zero-order chi connectivity index (χ0) is 32.2. The third kappa shape index (κ3) is 6.51. The molecule has 1 heterocycles. The zero-order valence-corrected chi connectivity index (χ0v) is 26.0. The molecule has 4 rings (SSSR count). The van der Waals surface area contributed by atoms with E-state index < -0.39 is 41.4 Å². The van der Waals surface area contributed by atoms with Crippen LogP contribution in [0.15, 0.2) is 48.5 Å². The fraction of sp³-hybridized carbons (Fsp3) is 0.455. The quantitative estimate of drug-likeness (QED) is 0.211. The van der Waals surface area contributed by atoms with Crippen molar-refractivity contribution in [2.75, 3.05) is 7.11 Å². The number of carbonyl (C=O) groups excluding carboxylic acids is 3. The number of fused-ring (bicyclic) bond motifs is 3. The zero-order valence-electron chi connectivity index (χ0n) is 26.0. The first-order valence-electron chi connectivity index (χ1n) is 15.0. The van der Waals surface area contributed by atoms with Gasteiger partial charge in [0.15, 0.2) is 0 Å². The molecular weight excluding hydrogens is 562 g/mol. The molecule has 0 fully saturated rings. The van der Waals surface area contributed by atoms with E-state index in [1.165, 1.54) is 0 Å². The number of H-pyrrole nitrogens is 1. The van der Waals surface area contributed by atoms with E-state index in [0.717, 1.165) is 32.6 Å². The first-order valence-corrected chi connectivity index (χ1v) is 15.0. The SMILES string of the molecule is CC[C@H](C)[C@@H](C(=O)N[C@]1(C(=O)N[C@H](C(N)=O)C(C)C)CCc2[nH]c3c(OC)cccc3c2C1)N(Cc1ccccc1)C(=O)O. The lowest BCUT2D eigenvalue weighted by Crippen LogP contribution is -2.67. The molecule has 11 heteroatoms. The van der Waals surface area contributed by atoms with Crippen LogP contribution in [0.25, 0.3) is 10.9 Å². The monoisotopic (exact) mass is 605 g/mol. The Balaban J connectivity index is 1.77. The predicted octanol–water partition coefficient (Wildman–Crippen LogP) is 3.74. The standard InChI is InChI=1S/C33H43N5O6/c1-6-20(4)28(38(32(42)43)18-21-11-8-7-9-12-21)30(40)37-33(31(41)36-26(19(2)3)29(34)39)16-15-24-23(17-33)22-13-10-14-25(44-5)27(22)35-24/h7-14,19-20,26,28,35H,6,15-18H2,1-5H3,(H2,34,39)(H,36,41)(H,37,40)(H,42,43)/t20-,26-,28-,33+/m0/s1. The van der Waals surface area contributed by atoms with Gasteiger partial charge in [0.1, 0.15) is 23.4 Å². The number of aromatic nitrogens is 1. The number of carbonyl (C=O) groups is 4. The molecule has 44 heavy (non-hydrogen) atoms. The largest absolute Gasteiger partial charge is 0.495 e. The maximum Gasteiger partial charge on any atom is 0.408 e. The molecule has 6 N–H and O–H groups in total. The molecule has 3 aromatic rings. The molecule has 11 nitrogen and oxygen atoms in total. The van der Waals surface area contributed by atoms with Crippen LogP contribution >= 0.6 is 0 Å². The molecule has 1 aliphatic carbocycles. The molecule has 1 aromatic heterocycles. The molecule has 2 aromatic carbocycles. The summed E-state index contributed by atoms with van der Waals surface area (Å²) >= 11 is 0. The van der Waals surface area contributed by atoms with Gasteiger partial charge in [-0.15, -0.1) is 0 Å². The highest BCUT2D eigenvalue weighted by molar-refractivity contribution is 5.98. The summed E-state index contributed by atoms with van der Waals surface area (Å²) in [4.78, 5) is 58.0. The number of nitrogens with one attached hydrogen (secondary N) is 3. The van der Waals surface area contributed by atoms with Gasteiger partial charge in [0.25, 0.3) is 0 Å². The Morgan fingerprint density at radius 3 is 2.39 bits per heavy atom. The molecule has 0 unspecified atom stereocenters. The molecular formula is C33H43N5O6. The van der Waals surface area contributed by atoms with Crippen molar-refractivity contribution in [3.63, 3.8) is 0 Å². The Morgan fingerprint density at radius 2 is 1.80 bits per heavy atom. The number of nitrogens with zero attached hydrogens (tertiary/aromatic N) is 1. The summed E-state index contributed by atoms with van der Waals surface area (Å²) in [6.07, 6.45) is 0.0466. The number of aryl methyl sites for hydroxylation is 1.